The first-order chi connectivity index (χ1) is 7.73. The van der Waals surface area contributed by atoms with Crippen LogP contribution in [0.1, 0.15) is 44.2 Å². The predicted octanol–water partition coefficient (Wildman–Crippen LogP) is 3.54. The number of nitrogens with one attached hydrogen (secondary N) is 2. The zero-order valence-electron chi connectivity index (χ0n) is 9.46. The van der Waals surface area contributed by atoms with Crippen molar-refractivity contribution in [1.82, 2.24) is 9.97 Å². The number of imidazole rings is 1. The fourth-order valence-corrected chi connectivity index (χ4v) is 5.23. The summed E-state index contributed by atoms with van der Waals surface area (Å²) < 4.78 is 0.797. The van der Waals surface area contributed by atoms with Crippen molar-refractivity contribution < 1.29 is 0 Å². The van der Waals surface area contributed by atoms with Crippen LogP contribution in [0, 0.1) is 22.5 Å². The van der Waals surface area contributed by atoms with Gasteiger partial charge in [0.1, 0.15) is 0 Å². The summed E-state index contributed by atoms with van der Waals surface area (Å²) in [5.41, 5.74) is 1.86. The molecule has 4 fully saturated rings. The summed E-state index contributed by atoms with van der Waals surface area (Å²) in [7, 11) is 0. The Hall–Kier alpha value is -0.570. The minimum atomic E-state index is 0.461. The van der Waals surface area contributed by atoms with Crippen molar-refractivity contribution in [2.24, 2.45) is 17.8 Å². The van der Waals surface area contributed by atoms with E-state index in [1.54, 1.807) is 0 Å². The maximum atomic E-state index is 5.18. The van der Waals surface area contributed by atoms with Crippen LogP contribution in [0.2, 0.25) is 0 Å². The van der Waals surface area contributed by atoms with E-state index in [4.69, 9.17) is 12.2 Å². The van der Waals surface area contributed by atoms with Gasteiger partial charge in [-0.25, -0.2) is 0 Å². The van der Waals surface area contributed by atoms with Crippen LogP contribution in [-0.4, -0.2) is 9.97 Å². The molecular formula is C13H18N2S. The van der Waals surface area contributed by atoms with E-state index in [9.17, 15) is 0 Å². The third kappa shape index (κ3) is 1.21. The number of hydrogen-bond donors (Lipinski definition) is 2. The zero-order valence-corrected chi connectivity index (χ0v) is 10.3. The molecular weight excluding hydrogens is 216 g/mol. The number of H-pyrrole nitrogens is 2. The Bertz CT molecular complexity index is 435. The monoisotopic (exact) mass is 234 g/mol. The molecule has 5 rings (SSSR count). The van der Waals surface area contributed by atoms with Crippen LogP contribution in [0.4, 0.5) is 0 Å². The summed E-state index contributed by atoms with van der Waals surface area (Å²) in [5.74, 6) is 3.01. The highest BCUT2D eigenvalue weighted by molar-refractivity contribution is 7.71. The van der Waals surface area contributed by atoms with Gasteiger partial charge in [-0.3, -0.25) is 0 Å². The number of hydrogen-bond acceptors (Lipinski definition) is 1. The molecule has 1 aromatic heterocycles. The second-order valence-electron chi connectivity index (χ2n) is 6.35. The van der Waals surface area contributed by atoms with Crippen LogP contribution >= 0.6 is 12.2 Å². The average molecular weight is 234 g/mol. The second-order valence-corrected chi connectivity index (χ2v) is 6.76. The van der Waals surface area contributed by atoms with Crippen LogP contribution in [0.25, 0.3) is 0 Å². The Morgan fingerprint density at radius 3 is 2.06 bits per heavy atom. The zero-order chi connectivity index (χ0) is 10.8. The third-order valence-corrected chi connectivity index (χ3v) is 5.43. The van der Waals surface area contributed by atoms with Crippen LogP contribution < -0.4 is 0 Å². The maximum Gasteiger partial charge on any atom is 0.174 e. The topological polar surface area (TPSA) is 31.6 Å². The van der Waals surface area contributed by atoms with E-state index in [1.165, 1.54) is 44.2 Å². The average Bonchev–Trinajstić information content (AvgIpc) is 2.63. The molecule has 3 heteroatoms. The van der Waals surface area contributed by atoms with Gasteiger partial charge in [-0.05, 0) is 68.5 Å². The Balaban J connectivity index is 1.79. The molecule has 0 saturated heterocycles. The van der Waals surface area contributed by atoms with Crippen LogP contribution in [0.15, 0.2) is 6.20 Å². The van der Waals surface area contributed by atoms with Gasteiger partial charge in [-0.2, -0.15) is 0 Å². The summed E-state index contributed by atoms with van der Waals surface area (Å²) in [4.78, 5) is 6.55. The summed E-state index contributed by atoms with van der Waals surface area (Å²) in [6, 6.07) is 0. The van der Waals surface area contributed by atoms with Gasteiger partial charge in [0.2, 0.25) is 0 Å². The smallest absolute Gasteiger partial charge is 0.174 e. The first-order valence-corrected chi connectivity index (χ1v) is 6.92. The molecule has 2 nitrogen and oxygen atoms in total. The Morgan fingerprint density at radius 1 is 1.06 bits per heavy atom. The molecule has 0 unspecified atom stereocenters. The van der Waals surface area contributed by atoms with Crippen molar-refractivity contribution in [3.05, 3.63) is 16.7 Å². The molecule has 0 spiro atoms. The van der Waals surface area contributed by atoms with E-state index in [-0.39, 0.29) is 0 Å². The lowest BCUT2D eigenvalue weighted by atomic mass is 9.49. The molecule has 0 aromatic carbocycles. The van der Waals surface area contributed by atoms with E-state index in [0.717, 1.165) is 22.5 Å². The summed E-state index contributed by atoms with van der Waals surface area (Å²) in [6.07, 6.45) is 10.9. The van der Waals surface area contributed by atoms with E-state index < -0.39 is 0 Å². The minimum Gasteiger partial charge on any atom is -0.337 e. The normalized spacial score (nSPS) is 45.1. The Kier molecular flexibility index (Phi) is 1.78. The Labute approximate surface area is 101 Å². The molecule has 86 valence electrons. The largest absolute Gasteiger partial charge is 0.337 e. The summed E-state index contributed by atoms with van der Waals surface area (Å²) >= 11 is 5.18. The van der Waals surface area contributed by atoms with Crippen molar-refractivity contribution in [1.29, 1.82) is 0 Å². The fourth-order valence-electron chi connectivity index (χ4n) is 5.06. The molecule has 4 aliphatic rings. The highest BCUT2D eigenvalue weighted by Crippen LogP contribution is 2.60. The standard InChI is InChI=1S/C13H18N2S/c16-12-14-7-11(15-12)13-4-8-1-9(5-13)3-10(2-8)6-13/h7-10H,1-6H2,(H2,14,15,16). The highest BCUT2D eigenvalue weighted by atomic mass is 32.1. The summed E-state index contributed by atoms with van der Waals surface area (Å²) in [6.45, 7) is 0. The van der Waals surface area contributed by atoms with Crippen LogP contribution in [0.5, 0.6) is 0 Å². The number of rotatable bonds is 1. The van der Waals surface area contributed by atoms with Crippen molar-refractivity contribution in [3.8, 4) is 0 Å². The van der Waals surface area contributed by atoms with Crippen LogP contribution in [-0.2, 0) is 5.41 Å². The lowest BCUT2D eigenvalue weighted by Gasteiger charge is -2.56. The summed E-state index contributed by atoms with van der Waals surface area (Å²) in [5, 5.41) is 0. The highest BCUT2D eigenvalue weighted by Gasteiger charge is 2.52. The van der Waals surface area contributed by atoms with Gasteiger partial charge in [-0.1, -0.05) is 0 Å². The predicted molar refractivity (Wildman–Crippen MR) is 65.8 cm³/mol. The number of aromatic amines is 2. The fraction of sp³-hybridized carbons (Fsp3) is 0.769. The van der Waals surface area contributed by atoms with E-state index >= 15 is 0 Å². The van der Waals surface area contributed by atoms with Crippen molar-refractivity contribution in [3.63, 3.8) is 0 Å². The molecule has 1 aromatic rings. The molecule has 0 aliphatic heterocycles. The van der Waals surface area contributed by atoms with Crippen molar-refractivity contribution in [2.45, 2.75) is 43.9 Å². The third-order valence-electron chi connectivity index (χ3n) is 5.21. The van der Waals surface area contributed by atoms with Gasteiger partial charge < -0.3 is 9.97 Å². The molecule has 4 bridgehead atoms. The van der Waals surface area contributed by atoms with Crippen molar-refractivity contribution >= 4 is 12.2 Å². The SMILES string of the molecule is S=c1[nH]cc(C23CC4CC(CC(C4)C2)C3)[nH]1. The lowest BCUT2D eigenvalue weighted by molar-refractivity contribution is -0.00703. The molecule has 2 N–H and O–H groups in total. The van der Waals surface area contributed by atoms with E-state index in [1.807, 2.05) is 0 Å². The molecule has 0 amide bonds. The Morgan fingerprint density at radius 2 is 1.62 bits per heavy atom. The van der Waals surface area contributed by atoms with Gasteiger partial charge in [0, 0.05) is 17.3 Å². The second kappa shape index (κ2) is 3.00. The quantitative estimate of drug-likeness (QED) is 0.716. The van der Waals surface area contributed by atoms with Crippen molar-refractivity contribution in [2.75, 3.05) is 0 Å². The molecule has 4 aliphatic carbocycles. The number of aromatic nitrogens is 2. The van der Waals surface area contributed by atoms with E-state index in [0.29, 0.717) is 5.41 Å². The minimum absolute atomic E-state index is 0.461. The van der Waals surface area contributed by atoms with Gasteiger partial charge >= 0.3 is 0 Å². The molecule has 0 radical (unpaired) electrons. The molecule has 0 atom stereocenters. The van der Waals surface area contributed by atoms with Gasteiger partial charge in [0.25, 0.3) is 0 Å². The molecule has 1 heterocycles. The first-order valence-electron chi connectivity index (χ1n) is 6.52. The van der Waals surface area contributed by atoms with E-state index in [2.05, 4.69) is 16.2 Å². The van der Waals surface area contributed by atoms with Gasteiger partial charge in [-0.15, -0.1) is 0 Å². The maximum absolute atomic E-state index is 5.18. The first kappa shape index (κ1) is 9.46. The molecule has 4 saturated carbocycles. The molecule has 16 heavy (non-hydrogen) atoms. The van der Waals surface area contributed by atoms with Gasteiger partial charge in [0.15, 0.2) is 4.77 Å². The lowest BCUT2D eigenvalue weighted by Crippen LogP contribution is -2.48. The van der Waals surface area contributed by atoms with Crippen LogP contribution in [0.3, 0.4) is 0 Å². The van der Waals surface area contributed by atoms with Gasteiger partial charge in [0.05, 0.1) is 0 Å².